The number of aromatic nitrogens is 2. The Morgan fingerprint density at radius 3 is 2.64 bits per heavy atom. The van der Waals surface area contributed by atoms with Crippen molar-refractivity contribution in [3.05, 3.63) is 18.0 Å². The van der Waals surface area contributed by atoms with Crippen LogP contribution in [-0.2, 0) is 0 Å². The van der Waals surface area contributed by atoms with Crippen LogP contribution in [0.3, 0.4) is 0 Å². The fourth-order valence-corrected chi connectivity index (χ4v) is 3.92. The molecule has 0 spiro atoms. The lowest BCUT2D eigenvalue weighted by Gasteiger charge is -2.28. The average Bonchev–Trinajstić information content (AvgIpc) is 3.49. The minimum absolute atomic E-state index is 0.103. The molecule has 1 aliphatic heterocycles. The van der Waals surface area contributed by atoms with E-state index >= 15 is 0 Å². The lowest BCUT2D eigenvalue weighted by atomic mass is 10.1. The molecule has 0 radical (unpaired) electrons. The van der Waals surface area contributed by atoms with E-state index in [2.05, 4.69) is 10.4 Å². The summed E-state index contributed by atoms with van der Waals surface area (Å²) < 4.78 is 1.98. The van der Waals surface area contributed by atoms with E-state index in [1.54, 1.807) is 0 Å². The van der Waals surface area contributed by atoms with E-state index in [1.807, 2.05) is 28.9 Å². The van der Waals surface area contributed by atoms with Gasteiger partial charge in [-0.15, -0.1) is 0 Å². The SMILES string of the molecule is CN(C(=O)c1ccn(C2CCCNC2)n1)C(C1CC1)C1CC1. The van der Waals surface area contributed by atoms with E-state index in [-0.39, 0.29) is 5.91 Å². The Morgan fingerprint density at radius 2 is 2.05 bits per heavy atom. The van der Waals surface area contributed by atoms with E-state index in [0.717, 1.165) is 31.3 Å². The molecule has 2 heterocycles. The number of piperidine rings is 1. The second kappa shape index (κ2) is 5.69. The first kappa shape index (κ1) is 14.2. The summed E-state index contributed by atoms with van der Waals surface area (Å²) >= 11 is 0. The summed E-state index contributed by atoms with van der Waals surface area (Å²) in [5.74, 6) is 1.59. The standard InChI is InChI=1S/C17H26N4O/c1-20(16(12-4-5-12)13-6-7-13)17(22)15-8-10-21(19-15)14-3-2-9-18-11-14/h8,10,12-14,16,18H,2-7,9,11H2,1H3. The Labute approximate surface area is 132 Å². The van der Waals surface area contributed by atoms with Crippen molar-refractivity contribution in [2.45, 2.75) is 50.6 Å². The van der Waals surface area contributed by atoms with Gasteiger partial charge in [-0.1, -0.05) is 0 Å². The molecule has 1 aromatic heterocycles. The third kappa shape index (κ3) is 2.78. The van der Waals surface area contributed by atoms with E-state index < -0.39 is 0 Å². The molecule has 1 saturated heterocycles. The van der Waals surface area contributed by atoms with Crippen LogP contribution in [0.5, 0.6) is 0 Å². The molecule has 0 bridgehead atoms. The largest absolute Gasteiger partial charge is 0.337 e. The molecule has 3 aliphatic rings. The summed E-state index contributed by atoms with van der Waals surface area (Å²) in [4.78, 5) is 14.8. The van der Waals surface area contributed by atoms with Gasteiger partial charge in [-0.2, -0.15) is 5.10 Å². The molecule has 4 rings (SSSR count). The zero-order valence-electron chi connectivity index (χ0n) is 13.4. The van der Waals surface area contributed by atoms with Gasteiger partial charge < -0.3 is 10.2 Å². The van der Waals surface area contributed by atoms with Crippen molar-refractivity contribution in [3.63, 3.8) is 0 Å². The molecule has 1 amide bonds. The predicted octanol–water partition coefficient (Wildman–Crippen LogP) is 2.07. The van der Waals surface area contributed by atoms with Crippen molar-refractivity contribution < 1.29 is 4.79 Å². The maximum absolute atomic E-state index is 12.8. The van der Waals surface area contributed by atoms with Gasteiger partial charge in [-0.05, 0) is 63.0 Å². The molecule has 0 aromatic carbocycles. The molecule has 1 aromatic rings. The zero-order valence-corrected chi connectivity index (χ0v) is 13.4. The average molecular weight is 302 g/mol. The molecule has 5 heteroatoms. The molecule has 2 aliphatic carbocycles. The highest BCUT2D eigenvalue weighted by molar-refractivity contribution is 5.92. The zero-order chi connectivity index (χ0) is 15.1. The second-order valence-corrected chi connectivity index (χ2v) is 7.26. The summed E-state index contributed by atoms with van der Waals surface area (Å²) in [6.45, 7) is 2.05. The lowest BCUT2D eigenvalue weighted by molar-refractivity contribution is 0.0682. The number of amides is 1. The highest BCUT2D eigenvalue weighted by Gasteiger charge is 2.45. The fourth-order valence-electron chi connectivity index (χ4n) is 3.92. The summed E-state index contributed by atoms with van der Waals surface area (Å²) in [7, 11) is 1.98. The molecule has 1 atom stereocenters. The van der Waals surface area contributed by atoms with Gasteiger partial charge in [0.25, 0.3) is 5.91 Å². The smallest absolute Gasteiger partial charge is 0.274 e. The number of carbonyl (C=O) groups is 1. The van der Waals surface area contributed by atoms with Gasteiger partial charge in [0.2, 0.25) is 0 Å². The molecule has 2 saturated carbocycles. The Balaban J connectivity index is 1.46. The Morgan fingerprint density at radius 1 is 1.32 bits per heavy atom. The number of nitrogens with one attached hydrogen (secondary N) is 1. The van der Waals surface area contributed by atoms with Crippen molar-refractivity contribution in [1.82, 2.24) is 20.0 Å². The second-order valence-electron chi connectivity index (χ2n) is 7.26. The van der Waals surface area contributed by atoms with Crippen LogP contribution >= 0.6 is 0 Å². The van der Waals surface area contributed by atoms with Gasteiger partial charge in [-0.3, -0.25) is 9.48 Å². The van der Waals surface area contributed by atoms with Crippen LogP contribution in [-0.4, -0.2) is 46.8 Å². The quantitative estimate of drug-likeness (QED) is 0.906. The molecule has 3 fully saturated rings. The summed E-state index contributed by atoms with van der Waals surface area (Å²) in [6.07, 6.45) is 9.47. The molecular weight excluding hydrogens is 276 g/mol. The van der Waals surface area contributed by atoms with Crippen LogP contribution in [0.15, 0.2) is 12.3 Å². The van der Waals surface area contributed by atoms with Crippen LogP contribution in [0.25, 0.3) is 0 Å². The topological polar surface area (TPSA) is 50.2 Å². The Hall–Kier alpha value is -1.36. The van der Waals surface area contributed by atoms with Crippen LogP contribution in [0.1, 0.15) is 55.1 Å². The van der Waals surface area contributed by atoms with Gasteiger partial charge in [0.05, 0.1) is 6.04 Å². The summed E-state index contributed by atoms with van der Waals surface area (Å²) in [5, 5.41) is 7.99. The highest BCUT2D eigenvalue weighted by Crippen LogP contribution is 2.47. The first-order valence-electron chi connectivity index (χ1n) is 8.77. The number of nitrogens with zero attached hydrogens (tertiary/aromatic N) is 3. The van der Waals surface area contributed by atoms with Gasteiger partial charge in [0, 0.05) is 25.8 Å². The number of rotatable bonds is 5. The van der Waals surface area contributed by atoms with E-state index in [4.69, 9.17) is 0 Å². The first-order chi connectivity index (χ1) is 10.7. The van der Waals surface area contributed by atoms with Crippen molar-refractivity contribution in [1.29, 1.82) is 0 Å². The normalized spacial score (nSPS) is 25.5. The third-order valence-electron chi connectivity index (χ3n) is 5.45. The first-order valence-corrected chi connectivity index (χ1v) is 8.77. The van der Waals surface area contributed by atoms with E-state index in [0.29, 0.717) is 17.8 Å². The van der Waals surface area contributed by atoms with E-state index in [1.165, 1.54) is 32.1 Å². The van der Waals surface area contributed by atoms with Gasteiger partial charge in [-0.25, -0.2) is 0 Å². The molecule has 22 heavy (non-hydrogen) atoms. The lowest BCUT2D eigenvalue weighted by Crippen LogP contribution is -2.40. The third-order valence-corrected chi connectivity index (χ3v) is 5.45. The fraction of sp³-hybridized carbons (Fsp3) is 0.765. The number of hydrogen-bond donors (Lipinski definition) is 1. The molecule has 120 valence electrons. The van der Waals surface area contributed by atoms with Gasteiger partial charge in [0.1, 0.15) is 5.69 Å². The van der Waals surface area contributed by atoms with Crippen LogP contribution in [0, 0.1) is 11.8 Å². The molecule has 1 N–H and O–H groups in total. The van der Waals surface area contributed by atoms with Gasteiger partial charge in [0.15, 0.2) is 0 Å². The number of hydrogen-bond acceptors (Lipinski definition) is 3. The van der Waals surface area contributed by atoms with Crippen LogP contribution in [0.2, 0.25) is 0 Å². The highest BCUT2D eigenvalue weighted by atomic mass is 16.2. The summed E-state index contributed by atoms with van der Waals surface area (Å²) in [6, 6.07) is 2.74. The minimum Gasteiger partial charge on any atom is -0.337 e. The van der Waals surface area contributed by atoms with Crippen LogP contribution in [0.4, 0.5) is 0 Å². The van der Waals surface area contributed by atoms with Crippen LogP contribution < -0.4 is 5.32 Å². The maximum Gasteiger partial charge on any atom is 0.274 e. The van der Waals surface area contributed by atoms with Crippen molar-refractivity contribution in [3.8, 4) is 0 Å². The van der Waals surface area contributed by atoms with Crippen molar-refractivity contribution in [2.75, 3.05) is 20.1 Å². The van der Waals surface area contributed by atoms with Gasteiger partial charge >= 0.3 is 0 Å². The molecular formula is C17H26N4O. The van der Waals surface area contributed by atoms with Crippen molar-refractivity contribution >= 4 is 5.91 Å². The minimum atomic E-state index is 0.103. The Bertz CT molecular complexity index is 529. The summed E-state index contributed by atoms with van der Waals surface area (Å²) in [5.41, 5.74) is 0.611. The van der Waals surface area contributed by atoms with Crippen molar-refractivity contribution in [2.24, 2.45) is 11.8 Å². The predicted molar refractivity (Wildman–Crippen MR) is 84.7 cm³/mol. The maximum atomic E-state index is 12.8. The number of carbonyl (C=O) groups excluding carboxylic acids is 1. The monoisotopic (exact) mass is 302 g/mol. The molecule has 5 nitrogen and oxygen atoms in total. The molecule has 1 unspecified atom stereocenters. The van der Waals surface area contributed by atoms with E-state index in [9.17, 15) is 4.79 Å². The Kier molecular flexibility index (Phi) is 3.68.